The summed E-state index contributed by atoms with van der Waals surface area (Å²) in [4.78, 5) is 12.1. The molecule has 2 saturated heterocycles. The minimum atomic E-state index is -3.24. The van der Waals surface area contributed by atoms with Crippen molar-refractivity contribution in [2.45, 2.75) is 43.2 Å². The van der Waals surface area contributed by atoms with Crippen LogP contribution >= 0.6 is 0 Å². The zero-order valence-corrected chi connectivity index (χ0v) is 14.8. The van der Waals surface area contributed by atoms with Crippen LogP contribution in [-0.2, 0) is 9.84 Å². The molecular weight excluding hydrogens is 324 g/mol. The minimum Gasteiger partial charge on any atom is -0.334 e. The highest BCUT2D eigenvalue weighted by Crippen LogP contribution is 2.32. The number of nitrogens with one attached hydrogen (secondary N) is 1. The van der Waals surface area contributed by atoms with Crippen LogP contribution in [0.1, 0.15) is 25.0 Å². The highest BCUT2D eigenvalue weighted by molar-refractivity contribution is 7.90. The van der Waals surface area contributed by atoms with Crippen molar-refractivity contribution >= 4 is 26.7 Å². The molecule has 4 rings (SSSR count). The van der Waals surface area contributed by atoms with Crippen molar-refractivity contribution in [1.82, 2.24) is 15.3 Å². The number of anilines is 1. The Balaban J connectivity index is 1.84. The minimum absolute atomic E-state index is 0.305. The number of benzene rings is 1. The Labute approximate surface area is 142 Å². The second-order valence-electron chi connectivity index (χ2n) is 6.85. The predicted octanol–water partition coefficient (Wildman–Crippen LogP) is 1.67. The maximum atomic E-state index is 11.8. The molecule has 6 nitrogen and oxygen atoms in total. The number of hydrogen-bond donors (Lipinski definition) is 1. The Kier molecular flexibility index (Phi) is 3.73. The summed E-state index contributed by atoms with van der Waals surface area (Å²) in [7, 11) is -3.24. The zero-order valence-electron chi connectivity index (χ0n) is 14.0. The average molecular weight is 346 g/mol. The number of sulfone groups is 1. The van der Waals surface area contributed by atoms with Crippen LogP contribution in [-0.4, -0.2) is 49.8 Å². The van der Waals surface area contributed by atoms with Crippen molar-refractivity contribution < 1.29 is 8.42 Å². The van der Waals surface area contributed by atoms with E-state index in [1.165, 1.54) is 12.7 Å². The van der Waals surface area contributed by atoms with Crippen LogP contribution in [0.15, 0.2) is 23.1 Å². The first-order valence-corrected chi connectivity index (χ1v) is 10.3. The van der Waals surface area contributed by atoms with E-state index < -0.39 is 9.84 Å². The van der Waals surface area contributed by atoms with E-state index in [0.29, 0.717) is 22.5 Å². The zero-order chi connectivity index (χ0) is 16.9. The van der Waals surface area contributed by atoms with Gasteiger partial charge in [0.25, 0.3) is 0 Å². The predicted molar refractivity (Wildman–Crippen MR) is 94.2 cm³/mol. The van der Waals surface area contributed by atoms with E-state index in [-0.39, 0.29) is 0 Å². The van der Waals surface area contributed by atoms with Gasteiger partial charge in [0.05, 0.1) is 16.1 Å². The summed E-state index contributed by atoms with van der Waals surface area (Å²) in [5.41, 5.74) is 1.60. The van der Waals surface area contributed by atoms with Crippen molar-refractivity contribution in [1.29, 1.82) is 0 Å². The fourth-order valence-electron chi connectivity index (χ4n) is 3.91. The van der Waals surface area contributed by atoms with Gasteiger partial charge in [-0.05, 0) is 50.9 Å². The van der Waals surface area contributed by atoms with Crippen molar-refractivity contribution in [3.05, 3.63) is 23.9 Å². The molecule has 2 aliphatic heterocycles. The van der Waals surface area contributed by atoms with Gasteiger partial charge in [-0.3, -0.25) is 0 Å². The Morgan fingerprint density at radius 2 is 1.96 bits per heavy atom. The van der Waals surface area contributed by atoms with E-state index in [0.717, 1.165) is 43.0 Å². The molecule has 1 N–H and O–H groups in total. The highest BCUT2D eigenvalue weighted by Gasteiger charge is 2.36. The molecule has 0 unspecified atom stereocenters. The Hall–Kier alpha value is -1.73. The molecule has 128 valence electrons. The van der Waals surface area contributed by atoms with Crippen LogP contribution in [0, 0.1) is 6.92 Å². The van der Waals surface area contributed by atoms with Crippen LogP contribution < -0.4 is 10.2 Å². The Morgan fingerprint density at radius 3 is 2.75 bits per heavy atom. The van der Waals surface area contributed by atoms with Crippen molar-refractivity contribution in [2.24, 2.45) is 0 Å². The van der Waals surface area contributed by atoms with Gasteiger partial charge in [0.1, 0.15) is 0 Å². The summed E-state index contributed by atoms with van der Waals surface area (Å²) in [5.74, 6) is 0.738. The normalized spacial score (nSPS) is 24.3. The molecule has 0 aliphatic carbocycles. The highest BCUT2D eigenvalue weighted by atomic mass is 32.2. The van der Waals surface area contributed by atoms with Gasteiger partial charge >= 0.3 is 0 Å². The van der Waals surface area contributed by atoms with Crippen LogP contribution in [0.25, 0.3) is 10.9 Å². The molecule has 0 amide bonds. The van der Waals surface area contributed by atoms with Crippen LogP contribution in [0.5, 0.6) is 0 Å². The second-order valence-corrected chi connectivity index (χ2v) is 8.86. The van der Waals surface area contributed by atoms with E-state index >= 15 is 0 Å². The number of aryl methyl sites for hydroxylation is 1. The molecule has 0 spiro atoms. The lowest BCUT2D eigenvalue weighted by Crippen LogP contribution is -2.39. The molecule has 1 aromatic heterocycles. The van der Waals surface area contributed by atoms with Crippen molar-refractivity contribution in [3.8, 4) is 0 Å². The van der Waals surface area contributed by atoms with Crippen LogP contribution in [0.2, 0.25) is 0 Å². The molecule has 0 saturated carbocycles. The molecular formula is C17H22N4O2S. The summed E-state index contributed by atoms with van der Waals surface area (Å²) in [5, 5.41) is 4.39. The molecule has 1 aromatic carbocycles. The van der Waals surface area contributed by atoms with Gasteiger partial charge in [0, 0.05) is 30.3 Å². The fourth-order valence-corrected chi connectivity index (χ4v) is 4.55. The summed E-state index contributed by atoms with van der Waals surface area (Å²) in [6.07, 6.45) is 4.65. The molecule has 24 heavy (non-hydrogen) atoms. The first-order chi connectivity index (χ1) is 11.4. The first-order valence-electron chi connectivity index (χ1n) is 8.41. The lowest BCUT2D eigenvalue weighted by Gasteiger charge is -2.28. The summed E-state index contributed by atoms with van der Waals surface area (Å²) < 4.78 is 23.7. The average Bonchev–Trinajstić information content (AvgIpc) is 2.78. The maximum absolute atomic E-state index is 11.8. The van der Waals surface area contributed by atoms with E-state index in [1.807, 2.05) is 13.0 Å². The van der Waals surface area contributed by atoms with Gasteiger partial charge in [-0.1, -0.05) is 0 Å². The monoisotopic (exact) mass is 346 g/mol. The molecule has 2 fully saturated rings. The third-order valence-electron chi connectivity index (χ3n) is 5.16. The second kappa shape index (κ2) is 5.67. The van der Waals surface area contributed by atoms with E-state index in [9.17, 15) is 8.42 Å². The number of nitrogens with zero attached hydrogens (tertiary/aromatic N) is 3. The molecule has 0 radical (unpaired) electrons. The van der Waals surface area contributed by atoms with Crippen LogP contribution in [0.4, 0.5) is 5.95 Å². The topological polar surface area (TPSA) is 75.2 Å². The van der Waals surface area contributed by atoms with Crippen molar-refractivity contribution in [3.63, 3.8) is 0 Å². The number of aromatic nitrogens is 2. The molecule has 3 heterocycles. The molecule has 7 heteroatoms. The number of rotatable bonds is 2. The quantitative estimate of drug-likeness (QED) is 0.892. The molecule has 2 aliphatic rings. The van der Waals surface area contributed by atoms with Gasteiger partial charge in [-0.2, -0.15) is 0 Å². The number of hydrogen-bond acceptors (Lipinski definition) is 6. The summed E-state index contributed by atoms with van der Waals surface area (Å²) in [6, 6.07) is 6.00. The molecule has 2 bridgehead atoms. The fraction of sp³-hybridized carbons (Fsp3) is 0.529. The van der Waals surface area contributed by atoms with Gasteiger partial charge < -0.3 is 10.2 Å². The Morgan fingerprint density at radius 1 is 1.17 bits per heavy atom. The summed E-state index contributed by atoms with van der Waals surface area (Å²) in [6.45, 7) is 3.95. The lowest BCUT2D eigenvalue weighted by atomic mass is 10.1. The Bertz CT molecular complexity index is 883. The van der Waals surface area contributed by atoms with Gasteiger partial charge in [0.15, 0.2) is 9.84 Å². The molecule has 2 aromatic rings. The third-order valence-corrected chi connectivity index (χ3v) is 6.27. The van der Waals surface area contributed by atoms with E-state index in [1.54, 1.807) is 12.1 Å². The molecule has 2 atom stereocenters. The lowest BCUT2D eigenvalue weighted by molar-refractivity contribution is 0.567. The summed E-state index contributed by atoms with van der Waals surface area (Å²) >= 11 is 0. The SMILES string of the molecule is Cc1nc(N2[C@@H]3CCNC[C@H]2CC3)nc2cc(S(C)(=O)=O)ccc12. The number of fused-ring (bicyclic) bond motifs is 3. The van der Waals surface area contributed by atoms with Crippen molar-refractivity contribution in [2.75, 3.05) is 24.2 Å². The first kappa shape index (κ1) is 15.8. The largest absolute Gasteiger partial charge is 0.334 e. The smallest absolute Gasteiger partial charge is 0.226 e. The maximum Gasteiger partial charge on any atom is 0.226 e. The van der Waals surface area contributed by atoms with Crippen LogP contribution in [0.3, 0.4) is 0 Å². The van der Waals surface area contributed by atoms with E-state index in [4.69, 9.17) is 9.97 Å². The van der Waals surface area contributed by atoms with Gasteiger partial charge in [-0.25, -0.2) is 18.4 Å². The van der Waals surface area contributed by atoms with E-state index in [2.05, 4.69) is 10.2 Å². The van der Waals surface area contributed by atoms with Gasteiger partial charge in [-0.15, -0.1) is 0 Å². The standard InChI is InChI=1S/C17H22N4O2S/c1-11-15-6-5-14(24(2,22)23)9-16(15)20-17(19-11)21-12-3-4-13(21)10-18-8-7-12/h5-6,9,12-13,18H,3-4,7-8,10H2,1-2H3/t12-,13+/m0/s1. The third kappa shape index (κ3) is 2.65. The van der Waals surface area contributed by atoms with Gasteiger partial charge in [0.2, 0.25) is 5.95 Å².